The smallest absolute Gasteiger partial charge is 0.133 e. The molecule has 0 fully saturated rings. The number of pyridine rings is 1. The van der Waals surface area contributed by atoms with E-state index in [0.717, 1.165) is 28.1 Å². The summed E-state index contributed by atoms with van der Waals surface area (Å²) in [7, 11) is 0. The van der Waals surface area contributed by atoms with E-state index in [1.165, 1.54) is 36.5 Å². The van der Waals surface area contributed by atoms with Gasteiger partial charge >= 0.3 is 0 Å². The fraction of sp³-hybridized carbons (Fsp3) is 0. The molecule has 164 valence electrons. The molecule has 0 aliphatic rings. The van der Waals surface area contributed by atoms with Crippen molar-refractivity contribution >= 4 is 64.5 Å². The lowest BCUT2D eigenvalue weighted by atomic mass is 10.1. The van der Waals surface area contributed by atoms with Crippen LogP contribution in [0.4, 0.5) is 0 Å². The second-order valence-corrected chi connectivity index (χ2v) is 9.96. The molecule has 0 radical (unpaired) electrons. The largest absolute Gasteiger partial charge is 0.295 e. The molecule has 0 atom stereocenters. The summed E-state index contributed by atoms with van der Waals surface area (Å²) in [6.45, 7) is 0. The molecule has 3 nitrogen and oxygen atoms in total. The van der Waals surface area contributed by atoms with Crippen molar-refractivity contribution in [3.8, 4) is 11.4 Å². The maximum absolute atomic E-state index is 4.88. The third-order valence-electron chi connectivity index (χ3n) is 6.96. The predicted molar refractivity (Wildman–Crippen MR) is 148 cm³/mol. The van der Waals surface area contributed by atoms with Crippen LogP contribution in [0.1, 0.15) is 0 Å². The van der Waals surface area contributed by atoms with Crippen LogP contribution < -0.4 is 0 Å². The first-order valence-corrected chi connectivity index (χ1v) is 12.6. The number of thiophene rings is 1. The van der Waals surface area contributed by atoms with Crippen LogP contribution in [0, 0.1) is 0 Å². The Balaban J connectivity index is 1.58. The Hall–Kier alpha value is -4.41. The molecule has 8 aromatic rings. The number of para-hydroxylation sites is 2. The molecule has 35 heavy (non-hydrogen) atoms. The maximum atomic E-state index is 4.88. The third-order valence-corrected chi connectivity index (χ3v) is 8.11. The minimum Gasteiger partial charge on any atom is -0.295 e. The van der Waals surface area contributed by atoms with Crippen molar-refractivity contribution < 1.29 is 0 Å². The minimum atomic E-state index is 1.03. The van der Waals surface area contributed by atoms with Gasteiger partial charge in [-0.25, -0.2) is 0 Å². The molecule has 0 saturated heterocycles. The van der Waals surface area contributed by atoms with Crippen LogP contribution >= 0.6 is 11.3 Å². The molecule has 0 amide bonds. The maximum Gasteiger partial charge on any atom is 0.133 e. The van der Waals surface area contributed by atoms with Crippen molar-refractivity contribution in [2.45, 2.75) is 0 Å². The summed E-state index contributed by atoms with van der Waals surface area (Å²) < 4.78 is 7.39. The Bertz CT molecular complexity index is 2060. The van der Waals surface area contributed by atoms with Gasteiger partial charge in [-0.2, -0.15) is 0 Å². The summed E-state index contributed by atoms with van der Waals surface area (Å²) >= 11 is 1.85. The van der Waals surface area contributed by atoms with Crippen LogP contribution in [0.15, 0.2) is 115 Å². The molecule has 0 spiro atoms. The van der Waals surface area contributed by atoms with Crippen molar-refractivity contribution in [2.24, 2.45) is 0 Å². The van der Waals surface area contributed by atoms with Gasteiger partial charge in [0, 0.05) is 43.1 Å². The first kappa shape index (κ1) is 19.0. The monoisotopic (exact) mass is 465 g/mol. The van der Waals surface area contributed by atoms with E-state index in [1.54, 1.807) is 0 Å². The van der Waals surface area contributed by atoms with Crippen molar-refractivity contribution in [3.63, 3.8) is 0 Å². The van der Waals surface area contributed by atoms with Crippen LogP contribution in [-0.4, -0.2) is 14.1 Å². The molecule has 0 bridgehead atoms. The number of aromatic nitrogens is 3. The Morgan fingerprint density at radius 3 is 2.17 bits per heavy atom. The van der Waals surface area contributed by atoms with Gasteiger partial charge in [0.05, 0.1) is 21.9 Å². The minimum absolute atomic E-state index is 1.03. The topological polar surface area (TPSA) is 22.8 Å². The Labute approximate surface area is 205 Å². The fourth-order valence-corrected chi connectivity index (χ4v) is 6.59. The average molecular weight is 466 g/mol. The van der Waals surface area contributed by atoms with Crippen LogP contribution in [0.25, 0.3) is 64.5 Å². The summed E-state index contributed by atoms with van der Waals surface area (Å²) in [5.74, 6) is 0. The van der Waals surface area contributed by atoms with E-state index in [2.05, 4.69) is 112 Å². The van der Waals surface area contributed by atoms with E-state index >= 15 is 0 Å². The van der Waals surface area contributed by atoms with Crippen LogP contribution in [0.5, 0.6) is 0 Å². The van der Waals surface area contributed by atoms with Gasteiger partial charge in [-0.15, -0.1) is 11.3 Å². The van der Waals surface area contributed by atoms with Crippen molar-refractivity contribution in [3.05, 3.63) is 115 Å². The van der Waals surface area contributed by atoms with Crippen molar-refractivity contribution in [2.75, 3.05) is 0 Å². The highest BCUT2D eigenvalue weighted by molar-refractivity contribution is 7.25. The molecule has 4 heterocycles. The number of fused-ring (bicyclic) bond motifs is 8. The SMILES string of the molecule is c1ccc(-n2c3ccccc3c3c4ncccc4n(-c4ccc5sc6ccccc6c5c4)c32)cc1. The van der Waals surface area contributed by atoms with E-state index in [4.69, 9.17) is 4.98 Å². The lowest BCUT2D eigenvalue weighted by Crippen LogP contribution is -2.01. The summed E-state index contributed by atoms with van der Waals surface area (Å²) in [5, 5.41) is 5.01. The third kappa shape index (κ3) is 2.57. The Morgan fingerprint density at radius 2 is 1.26 bits per heavy atom. The standard InChI is InChI=1S/C31H19N3S/c1-2-9-20(10-3-1)33-25-13-6-4-12-23(25)29-30-26(14-8-18-32-30)34(31(29)33)21-16-17-28-24(19-21)22-11-5-7-15-27(22)35-28/h1-19H. The molecule has 0 unspecified atom stereocenters. The van der Waals surface area contributed by atoms with Gasteiger partial charge in [0.1, 0.15) is 5.65 Å². The molecule has 4 aromatic heterocycles. The summed E-state index contributed by atoms with van der Waals surface area (Å²) in [6, 6.07) is 39.0. The van der Waals surface area contributed by atoms with E-state index < -0.39 is 0 Å². The van der Waals surface area contributed by atoms with Gasteiger partial charge < -0.3 is 0 Å². The lowest BCUT2D eigenvalue weighted by Gasteiger charge is -2.13. The molecule has 4 aromatic carbocycles. The number of rotatable bonds is 2. The summed E-state index contributed by atoms with van der Waals surface area (Å²) in [6.07, 6.45) is 1.90. The zero-order chi connectivity index (χ0) is 22.9. The highest BCUT2D eigenvalue weighted by atomic mass is 32.1. The van der Waals surface area contributed by atoms with Crippen LogP contribution in [0.3, 0.4) is 0 Å². The van der Waals surface area contributed by atoms with E-state index in [0.29, 0.717) is 0 Å². The quantitative estimate of drug-likeness (QED) is 0.251. The first-order valence-electron chi connectivity index (χ1n) is 11.7. The molecule has 0 aliphatic heterocycles. The molecule has 0 aliphatic carbocycles. The number of benzene rings is 4. The molecular weight excluding hydrogens is 446 g/mol. The van der Waals surface area contributed by atoms with Gasteiger partial charge in [-0.1, -0.05) is 54.6 Å². The van der Waals surface area contributed by atoms with Gasteiger partial charge in [0.25, 0.3) is 0 Å². The Kier molecular flexibility index (Phi) is 3.82. The zero-order valence-electron chi connectivity index (χ0n) is 18.7. The highest BCUT2D eigenvalue weighted by Gasteiger charge is 2.22. The van der Waals surface area contributed by atoms with Crippen molar-refractivity contribution in [1.82, 2.24) is 14.1 Å². The fourth-order valence-electron chi connectivity index (χ4n) is 5.51. The van der Waals surface area contributed by atoms with Gasteiger partial charge in [-0.05, 0) is 54.6 Å². The number of hydrogen-bond acceptors (Lipinski definition) is 2. The normalized spacial score (nSPS) is 12.0. The Morgan fingerprint density at radius 1 is 0.543 bits per heavy atom. The summed E-state index contributed by atoms with van der Waals surface area (Å²) in [5.41, 5.74) is 6.77. The zero-order valence-corrected chi connectivity index (χ0v) is 19.5. The van der Waals surface area contributed by atoms with E-state index in [-0.39, 0.29) is 0 Å². The molecule has 4 heteroatoms. The number of hydrogen-bond donors (Lipinski definition) is 0. The van der Waals surface area contributed by atoms with Crippen LogP contribution in [-0.2, 0) is 0 Å². The average Bonchev–Trinajstić information content (AvgIpc) is 3.56. The molecular formula is C31H19N3S. The molecule has 0 saturated carbocycles. The highest BCUT2D eigenvalue weighted by Crippen LogP contribution is 2.41. The van der Waals surface area contributed by atoms with E-state index in [9.17, 15) is 0 Å². The van der Waals surface area contributed by atoms with Crippen LogP contribution in [0.2, 0.25) is 0 Å². The van der Waals surface area contributed by atoms with Crippen molar-refractivity contribution in [1.29, 1.82) is 0 Å². The summed E-state index contributed by atoms with van der Waals surface area (Å²) in [4.78, 5) is 4.88. The molecule has 8 rings (SSSR count). The van der Waals surface area contributed by atoms with Gasteiger partial charge in [-0.3, -0.25) is 14.1 Å². The van der Waals surface area contributed by atoms with E-state index in [1.807, 2.05) is 23.6 Å². The van der Waals surface area contributed by atoms with Gasteiger partial charge in [0.15, 0.2) is 0 Å². The van der Waals surface area contributed by atoms with Gasteiger partial charge in [0.2, 0.25) is 0 Å². The predicted octanol–water partition coefficient (Wildman–Crippen LogP) is 8.49. The lowest BCUT2D eigenvalue weighted by molar-refractivity contribution is 1.07. The molecule has 0 N–H and O–H groups in total. The second-order valence-electron chi connectivity index (χ2n) is 8.87. The first-order chi connectivity index (χ1) is 17.4. The second kappa shape index (κ2) is 7.05. The number of nitrogens with zero attached hydrogens (tertiary/aromatic N) is 3.